The minimum Gasteiger partial charge on any atom is -0.349 e. The molecule has 0 radical (unpaired) electrons. The van der Waals surface area contributed by atoms with Crippen molar-refractivity contribution >= 4 is 5.91 Å². The first-order valence-electron chi connectivity index (χ1n) is 9.53. The Balaban J connectivity index is 1.31. The number of rotatable bonds is 7. The Morgan fingerprint density at radius 3 is 2.38 bits per heavy atom. The first-order valence-corrected chi connectivity index (χ1v) is 9.53. The lowest BCUT2D eigenvalue weighted by Crippen LogP contribution is -2.44. The van der Waals surface area contributed by atoms with Crippen molar-refractivity contribution in [1.82, 2.24) is 10.2 Å². The van der Waals surface area contributed by atoms with Crippen LogP contribution in [0.2, 0.25) is 0 Å². The van der Waals surface area contributed by atoms with E-state index in [9.17, 15) is 9.18 Å². The molecular weight excluding hydrogens is 327 g/mol. The van der Waals surface area contributed by atoms with E-state index in [-0.39, 0.29) is 17.8 Å². The fourth-order valence-electron chi connectivity index (χ4n) is 3.47. The number of hydrogen-bond acceptors (Lipinski definition) is 2. The topological polar surface area (TPSA) is 32.3 Å². The van der Waals surface area contributed by atoms with Gasteiger partial charge >= 0.3 is 0 Å². The molecule has 4 heteroatoms. The van der Waals surface area contributed by atoms with Gasteiger partial charge in [0.05, 0.1) is 0 Å². The lowest BCUT2D eigenvalue weighted by atomic mass is 10.0. The molecule has 1 heterocycles. The number of unbranched alkanes of at least 4 members (excludes halogenated alkanes) is 1. The third kappa shape index (κ3) is 5.67. The van der Waals surface area contributed by atoms with E-state index in [0.717, 1.165) is 57.3 Å². The predicted molar refractivity (Wildman–Crippen MR) is 103 cm³/mol. The molecule has 138 valence electrons. The normalized spacial score (nSPS) is 15.7. The molecule has 1 amide bonds. The summed E-state index contributed by atoms with van der Waals surface area (Å²) in [6.07, 6.45) is 5.30. The Morgan fingerprint density at radius 2 is 1.69 bits per heavy atom. The van der Waals surface area contributed by atoms with Gasteiger partial charge in [-0.1, -0.05) is 30.3 Å². The van der Waals surface area contributed by atoms with Crippen molar-refractivity contribution in [2.24, 2.45) is 0 Å². The van der Waals surface area contributed by atoms with Gasteiger partial charge in [0, 0.05) is 24.7 Å². The van der Waals surface area contributed by atoms with Crippen molar-refractivity contribution in [1.29, 1.82) is 0 Å². The van der Waals surface area contributed by atoms with Crippen LogP contribution >= 0.6 is 0 Å². The van der Waals surface area contributed by atoms with Gasteiger partial charge < -0.3 is 10.2 Å². The molecule has 3 rings (SSSR count). The fraction of sp³-hybridized carbons (Fsp3) is 0.409. The summed E-state index contributed by atoms with van der Waals surface area (Å²) in [5.41, 5.74) is 1.93. The number of halogens is 1. The van der Waals surface area contributed by atoms with Gasteiger partial charge in [0.15, 0.2) is 0 Å². The van der Waals surface area contributed by atoms with Crippen LogP contribution in [0.1, 0.15) is 41.6 Å². The number of benzene rings is 2. The van der Waals surface area contributed by atoms with Crippen molar-refractivity contribution in [3.63, 3.8) is 0 Å². The van der Waals surface area contributed by atoms with Crippen LogP contribution in [0.25, 0.3) is 0 Å². The lowest BCUT2D eigenvalue weighted by Gasteiger charge is -2.32. The van der Waals surface area contributed by atoms with E-state index >= 15 is 0 Å². The summed E-state index contributed by atoms with van der Waals surface area (Å²) >= 11 is 0. The monoisotopic (exact) mass is 354 g/mol. The van der Waals surface area contributed by atoms with E-state index in [1.807, 2.05) is 42.5 Å². The molecular formula is C22H27FN2O. The first kappa shape index (κ1) is 18.6. The van der Waals surface area contributed by atoms with Gasteiger partial charge in [0.1, 0.15) is 5.82 Å². The second-order valence-corrected chi connectivity index (χ2v) is 7.04. The van der Waals surface area contributed by atoms with Crippen molar-refractivity contribution < 1.29 is 9.18 Å². The van der Waals surface area contributed by atoms with Gasteiger partial charge in [-0.3, -0.25) is 4.79 Å². The number of nitrogens with one attached hydrogen (secondary N) is 1. The maximum atomic E-state index is 12.9. The average Bonchev–Trinajstić information content (AvgIpc) is 2.68. The highest BCUT2D eigenvalue weighted by atomic mass is 19.1. The van der Waals surface area contributed by atoms with Gasteiger partial charge in [0.2, 0.25) is 0 Å². The Morgan fingerprint density at radius 1 is 1.00 bits per heavy atom. The Labute approximate surface area is 155 Å². The van der Waals surface area contributed by atoms with E-state index in [2.05, 4.69) is 10.2 Å². The van der Waals surface area contributed by atoms with E-state index in [4.69, 9.17) is 0 Å². The summed E-state index contributed by atoms with van der Waals surface area (Å²) in [5, 5.41) is 3.15. The fourth-order valence-corrected chi connectivity index (χ4v) is 3.47. The highest BCUT2D eigenvalue weighted by molar-refractivity contribution is 5.94. The minimum atomic E-state index is -0.170. The van der Waals surface area contributed by atoms with Crippen LogP contribution in [-0.2, 0) is 6.42 Å². The second-order valence-electron chi connectivity index (χ2n) is 7.04. The summed E-state index contributed by atoms with van der Waals surface area (Å²) in [5.74, 6) is -0.140. The molecule has 3 nitrogen and oxygen atoms in total. The van der Waals surface area contributed by atoms with Crippen LogP contribution in [0.3, 0.4) is 0 Å². The van der Waals surface area contributed by atoms with Crippen LogP contribution in [0.4, 0.5) is 4.39 Å². The van der Waals surface area contributed by atoms with Gasteiger partial charge in [-0.2, -0.15) is 0 Å². The van der Waals surface area contributed by atoms with Crippen LogP contribution in [0.15, 0.2) is 54.6 Å². The number of carbonyl (C=O) groups is 1. The average molecular weight is 354 g/mol. The van der Waals surface area contributed by atoms with Gasteiger partial charge in [-0.15, -0.1) is 0 Å². The van der Waals surface area contributed by atoms with E-state index in [1.54, 1.807) is 0 Å². The zero-order chi connectivity index (χ0) is 18.2. The maximum absolute atomic E-state index is 12.9. The molecule has 0 bridgehead atoms. The first-order chi connectivity index (χ1) is 12.7. The van der Waals surface area contributed by atoms with Gasteiger partial charge in [0.25, 0.3) is 5.91 Å². The molecule has 0 saturated carbocycles. The van der Waals surface area contributed by atoms with Crippen LogP contribution < -0.4 is 5.32 Å². The molecule has 26 heavy (non-hydrogen) atoms. The van der Waals surface area contributed by atoms with E-state index in [1.165, 1.54) is 17.7 Å². The van der Waals surface area contributed by atoms with Crippen molar-refractivity contribution in [3.8, 4) is 0 Å². The second kappa shape index (κ2) is 9.48. The van der Waals surface area contributed by atoms with Gasteiger partial charge in [-0.25, -0.2) is 4.39 Å². The van der Waals surface area contributed by atoms with Crippen LogP contribution in [0.5, 0.6) is 0 Å². The summed E-state index contributed by atoms with van der Waals surface area (Å²) in [6, 6.07) is 16.5. The highest BCUT2D eigenvalue weighted by Crippen LogP contribution is 2.13. The number of carbonyl (C=O) groups excluding carboxylic acids is 1. The molecule has 0 spiro atoms. The molecule has 1 fully saturated rings. The molecule has 0 unspecified atom stereocenters. The van der Waals surface area contributed by atoms with E-state index in [0.29, 0.717) is 0 Å². The summed E-state index contributed by atoms with van der Waals surface area (Å²) in [4.78, 5) is 14.7. The molecule has 0 aromatic heterocycles. The zero-order valence-electron chi connectivity index (χ0n) is 15.2. The number of aryl methyl sites for hydroxylation is 1. The predicted octanol–water partition coefficient (Wildman–Crippen LogP) is 4.04. The summed E-state index contributed by atoms with van der Waals surface area (Å²) in [7, 11) is 0. The van der Waals surface area contributed by atoms with Gasteiger partial charge in [-0.05, 0) is 68.5 Å². The van der Waals surface area contributed by atoms with Crippen molar-refractivity contribution in [3.05, 3.63) is 71.5 Å². The zero-order valence-corrected chi connectivity index (χ0v) is 15.2. The Bertz CT molecular complexity index is 679. The smallest absolute Gasteiger partial charge is 0.251 e. The third-order valence-electron chi connectivity index (χ3n) is 5.06. The molecule has 2 aromatic rings. The molecule has 1 aliphatic heterocycles. The maximum Gasteiger partial charge on any atom is 0.251 e. The lowest BCUT2D eigenvalue weighted by molar-refractivity contribution is 0.0910. The Hall–Kier alpha value is -2.20. The van der Waals surface area contributed by atoms with Crippen LogP contribution in [0, 0.1) is 5.82 Å². The molecule has 1 aliphatic rings. The molecule has 0 aliphatic carbocycles. The standard InChI is InChI=1S/C22H27FN2O/c23-20-11-9-18(10-12-20)6-4-5-15-25-16-13-21(14-17-25)24-22(26)19-7-2-1-3-8-19/h1-3,7-12,21H,4-6,13-17H2,(H,24,26). The van der Waals surface area contributed by atoms with E-state index < -0.39 is 0 Å². The van der Waals surface area contributed by atoms with Crippen molar-refractivity contribution in [2.45, 2.75) is 38.1 Å². The largest absolute Gasteiger partial charge is 0.349 e. The third-order valence-corrected chi connectivity index (χ3v) is 5.06. The number of hydrogen-bond donors (Lipinski definition) is 1. The number of amides is 1. The number of likely N-dealkylation sites (tertiary alicyclic amines) is 1. The number of piperidine rings is 1. The molecule has 0 atom stereocenters. The SMILES string of the molecule is O=C(NC1CCN(CCCCc2ccc(F)cc2)CC1)c1ccccc1. The minimum absolute atomic E-state index is 0.0309. The Kier molecular flexibility index (Phi) is 6.78. The molecule has 1 saturated heterocycles. The van der Waals surface area contributed by atoms with Crippen LogP contribution in [-0.4, -0.2) is 36.5 Å². The highest BCUT2D eigenvalue weighted by Gasteiger charge is 2.20. The summed E-state index contributed by atoms with van der Waals surface area (Å²) in [6.45, 7) is 3.17. The summed E-state index contributed by atoms with van der Waals surface area (Å²) < 4.78 is 12.9. The quantitative estimate of drug-likeness (QED) is 0.761. The molecule has 1 N–H and O–H groups in total. The van der Waals surface area contributed by atoms with Crippen molar-refractivity contribution in [2.75, 3.05) is 19.6 Å². The molecule has 2 aromatic carbocycles. The number of nitrogens with zero attached hydrogens (tertiary/aromatic N) is 1.